The summed E-state index contributed by atoms with van der Waals surface area (Å²) in [5.41, 5.74) is 9.85. The number of hydrogen-bond acceptors (Lipinski definition) is 7. The van der Waals surface area contributed by atoms with E-state index < -0.39 is 6.10 Å². The Morgan fingerprint density at radius 3 is 2.61 bits per heavy atom. The SMILES string of the molecule is C[C@H](O)c1nccn1Cc1cc(-c2ccc(C#Cc3ccc(CNCCN)nc3)cc2)on1. The van der Waals surface area contributed by atoms with Gasteiger partial charge < -0.3 is 25.2 Å². The Kier molecular flexibility index (Phi) is 7.27. The summed E-state index contributed by atoms with van der Waals surface area (Å²) in [6, 6.07) is 13.6. The average molecular weight is 443 g/mol. The van der Waals surface area contributed by atoms with Crippen LogP contribution in [0.2, 0.25) is 0 Å². The summed E-state index contributed by atoms with van der Waals surface area (Å²) >= 11 is 0. The van der Waals surface area contributed by atoms with Gasteiger partial charge in [-0.15, -0.1) is 0 Å². The summed E-state index contributed by atoms with van der Waals surface area (Å²) in [6.07, 6.45) is 4.60. The monoisotopic (exact) mass is 442 g/mol. The summed E-state index contributed by atoms with van der Waals surface area (Å²) in [7, 11) is 0. The molecule has 168 valence electrons. The predicted octanol–water partition coefficient (Wildman–Crippen LogP) is 2.48. The molecular formula is C25H26N6O2. The summed E-state index contributed by atoms with van der Waals surface area (Å²) in [5.74, 6) is 7.57. The van der Waals surface area contributed by atoms with Crippen LogP contribution < -0.4 is 11.1 Å². The highest BCUT2D eigenvalue weighted by atomic mass is 16.5. The van der Waals surface area contributed by atoms with Crippen LogP contribution >= 0.6 is 0 Å². The number of nitrogens with one attached hydrogen (secondary N) is 1. The first kappa shape index (κ1) is 22.4. The maximum Gasteiger partial charge on any atom is 0.167 e. The lowest BCUT2D eigenvalue weighted by Crippen LogP contribution is -2.22. The normalized spacial score (nSPS) is 11.7. The lowest BCUT2D eigenvalue weighted by molar-refractivity contribution is 0.184. The first-order valence-electron chi connectivity index (χ1n) is 10.8. The highest BCUT2D eigenvalue weighted by Crippen LogP contribution is 2.22. The van der Waals surface area contributed by atoms with Gasteiger partial charge in [0.1, 0.15) is 17.6 Å². The maximum absolute atomic E-state index is 9.80. The molecule has 33 heavy (non-hydrogen) atoms. The fraction of sp³-hybridized carbons (Fsp3) is 0.240. The molecule has 4 N–H and O–H groups in total. The van der Waals surface area contributed by atoms with Gasteiger partial charge in [0.25, 0.3) is 0 Å². The molecule has 4 rings (SSSR count). The largest absolute Gasteiger partial charge is 0.385 e. The second-order valence-electron chi connectivity index (χ2n) is 7.60. The zero-order valence-corrected chi connectivity index (χ0v) is 18.4. The van der Waals surface area contributed by atoms with E-state index in [0.717, 1.165) is 34.6 Å². The van der Waals surface area contributed by atoms with Crippen molar-refractivity contribution >= 4 is 0 Å². The quantitative estimate of drug-likeness (QED) is 0.284. The minimum Gasteiger partial charge on any atom is -0.385 e. The van der Waals surface area contributed by atoms with Crippen LogP contribution in [0.3, 0.4) is 0 Å². The zero-order valence-electron chi connectivity index (χ0n) is 18.4. The van der Waals surface area contributed by atoms with Crippen molar-refractivity contribution in [2.45, 2.75) is 26.1 Å². The first-order valence-corrected chi connectivity index (χ1v) is 10.8. The fourth-order valence-corrected chi connectivity index (χ4v) is 3.30. The standard InChI is InChI=1S/C25H26N6O2/c1-18(32)25-28-12-13-31(25)17-23-14-24(33-30-23)21-7-4-19(5-8-21)2-3-20-6-9-22(29-15-20)16-27-11-10-26/h4-9,12-15,18,27,32H,10-11,16-17,26H2,1H3/t18-/m0/s1. The Hall–Kier alpha value is -3.77. The molecular weight excluding hydrogens is 416 g/mol. The van der Waals surface area contributed by atoms with E-state index in [9.17, 15) is 5.11 Å². The molecule has 0 radical (unpaired) electrons. The van der Waals surface area contributed by atoms with Crippen molar-refractivity contribution in [1.82, 2.24) is 25.0 Å². The second kappa shape index (κ2) is 10.7. The Morgan fingerprint density at radius 1 is 1.09 bits per heavy atom. The lowest BCUT2D eigenvalue weighted by Gasteiger charge is -2.07. The molecule has 4 aromatic rings. The molecule has 0 fully saturated rings. The van der Waals surface area contributed by atoms with E-state index in [-0.39, 0.29) is 0 Å². The zero-order chi connectivity index (χ0) is 23.0. The molecule has 0 aliphatic heterocycles. The third kappa shape index (κ3) is 5.93. The predicted molar refractivity (Wildman–Crippen MR) is 125 cm³/mol. The molecule has 8 nitrogen and oxygen atoms in total. The first-order chi connectivity index (χ1) is 16.1. The van der Waals surface area contributed by atoms with Gasteiger partial charge in [-0.1, -0.05) is 17.0 Å². The van der Waals surface area contributed by atoms with E-state index in [0.29, 0.717) is 31.2 Å². The summed E-state index contributed by atoms with van der Waals surface area (Å²) < 4.78 is 7.36. The van der Waals surface area contributed by atoms with Gasteiger partial charge in [0.05, 0.1) is 12.2 Å². The van der Waals surface area contributed by atoms with Crippen LogP contribution in [0.1, 0.15) is 41.4 Å². The van der Waals surface area contributed by atoms with E-state index in [1.54, 1.807) is 19.3 Å². The van der Waals surface area contributed by atoms with Crippen LogP contribution in [0, 0.1) is 11.8 Å². The topological polar surface area (TPSA) is 115 Å². The molecule has 0 amide bonds. The lowest BCUT2D eigenvalue weighted by atomic mass is 10.1. The van der Waals surface area contributed by atoms with Gasteiger partial charge in [0.2, 0.25) is 0 Å². The Bertz CT molecular complexity index is 1230. The Morgan fingerprint density at radius 2 is 1.88 bits per heavy atom. The molecule has 0 aliphatic rings. The van der Waals surface area contributed by atoms with Crippen molar-refractivity contribution in [2.75, 3.05) is 13.1 Å². The number of rotatable bonds is 8. The number of aliphatic hydroxyl groups is 1. The molecule has 0 unspecified atom stereocenters. The van der Waals surface area contributed by atoms with Crippen LogP contribution in [0.5, 0.6) is 0 Å². The highest BCUT2D eigenvalue weighted by Gasteiger charge is 2.12. The van der Waals surface area contributed by atoms with E-state index in [2.05, 4.69) is 32.3 Å². The summed E-state index contributed by atoms with van der Waals surface area (Å²) in [5, 5.41) is 17.2. The Labute approximate surface area is 192 Å². The van der Waals surface area contributed by atoms with E-state index >= 15 is 0 Å². The summed E-state index contributed by atoms with van der Waals surface area (Å²) in [6.45, 7) is 4.23. The smallest absolute Gasteiger partial charge is 0.167 e. The third-order valence-electron chi connectivity index (χ3n) is 4.99. The molecule has 3 heterocycles. The molecule has 1 aromatic carbocycles. The molecule has 0 saturated carbocycles. The summed E-state index contributed by atoms with van der Waals surface area (Å²) in [4.78, 5) is 8.59. The van der Waals surface area contributed by atoms with Gasteiger partial charge in [0.15, 0.2) is 5.76 Å². The highest BCUT2D eigenvalue weighted by molar-refractivity contribution is 5.59. The van der Waals surface area contributed by atoms with Gasteiger partial charge in [-0.05, 0) is 43.3 Å². The average Bonchev–Trinajstić information content (AvgIpc) is 3.49. The van der Waals surface area contributed by atoms with Crippen LogP contribution in [0.15, 0.2) is 65.6 Å². The van der Waals surface area contributed by atoms with Gasteiger partial charge in [0, 0.05) is 61.0 Å². The van der Waals surface area contributed by atoms with E-state index in [1.807, 2.05) is 53.2 Å². The minimum absolute atomic E-state index is 0.475. The van der Waals surface area contributed by atoms with Crippen molar-refractivity contribution in [3.63, 3.8) is 0 Å². The molecule has 1 atom stereocenters. The van der Waals surface area contributed by atoms with Crippen molar-refractivity contribution in [2.24, 2.45) is 5.73 Å². The third-order valence-corrected chi connectivity index (χ3v) is 4.99. The van der Waals surface area contributed by atoms with Crippen molar-refractivity contribution < 1.29 is 9.63 Å². The number of pyridine rings is 1. The molecule has 0 bridgehead atoms. The number of nitrogens with two attached hydrogens (primary N) is 1. The van der Waals surface area contributed by atoms with Crippen LogP contribution in [0.4, 0.5) is 0 Å². The van der Waals surface area contributed by atoms with Crippen molar-refractivity contribution in [1.29, 1.82) is 0 Å². The van der Waals surface area contributed by atoms with Crippen LogP contribution in [-0.2, 0) is 13.1 Å². The van der Waals surface area contributed by atoms with E-state index in [4.69, 9.17) is 10.3 Å². The van der Waals surface area contributed by atoms with Crippen LogP contribution in [0.25, 0.3) is 11.3 Å². The maximum atomic E-state index is 9.80. The fourth-order valence-electron chi connectivity index (χ4n) is 3.30. The van der Waals surface area contributed by atoms with Gasteiger partial charge in [-0.3, -0.25) is 4.98 Å². The number of hydrogen-bond donors (Lipinski definition) is 3. The van der Waals surface area contributed by atoms with Crippen molar-refractivity contribution in [3.05, 3.63) is 89.4 Å². The number of nitrogens with zero attached hydrogens (tertiary/aromatic N) is 4. The Balaban J connectivity index is 1.39. The number of benzene rings is 1. The molecule has 0 spiro atoms. The van der Waals surface area contributed by atoms with Gasteiger partial charge in [-0.2, -0.15) is 0 Å². The molecule has 0 aliphatic carbocycles. The molecule has 3 aromatic heterocycles. The number of aliphatic hydroxyl groups excluding tert-OH is 1. The van der Waals surface area contributed by atoms with Crippen molar-refractivity contribution in [3.8, 4) is 23.2 Å². The second-order valence-corrected chi connectivity index (χ2v) is 7.60. The molecule has 8 heteroatoms. The number of aromatic nitrogens is 4. The van der Waals surface area contributed by atoms with Gasteiger partial charge in [-0.25, -0.2) is 4.98 Å². The molecule has 0 saturated heterocycles. The van der Waals surface area contributed by atoms with E-state index in [1.165, 1.54) is 0 Å². The van der Waals surface area contributed by atoms with Crippen LogP contribution in [-0.4, -0.2) is 37.9 Å². The van der Waals surface area contributed by atoms with Gasteiger partial charge >= 0.3 is 0 Å². The number of imidazole rings is 1. The minimum atomic E-state index is -0.646.